The molecule has 0 aliphatic rings. The molecular weight excluding hydrogens is 246 g/mol. The molecule has 0 radical (unpaired) electrons. The van der Waals surface area contributed by atoms with Gasteiger partial charge >= 0.3 is 5.76 Å². The minimum atomic E-state index is -0.477. The molecule has 4 N–H and O–H groups in total. The molecule has 3 rings (SSSR count). The summed E-state index contributed by atoms with van der Waals surface area (Å²) in [5.41, 5.74) is 8.32. The van der Waals surface area contributed by atoms with Gasteiger partial charge in [-0.3, -0.25) is 4.98 Å². The number of aryl methyl sites for hydroxylation is 1. The highest BCUT2D eigenvalue weighted by molar-refractivity contribution is 5.78. The number of aromatic amines is 1. The summed E-state index contributed by atoms with van der Waals surface area (Å²) in [6.45, 7) is 1.88. The molecule has 0 saturated heterocycles. The zero-order valence-corrected chi connectivity index (χ0v) is 10.1. The molecule has 0 aliphatic heterocycles. The number of anilines is 3. The van der Waals surface area contributed by atoms with Crippen molar-refractivity contribution in [3.05, 3.63) is 40.5 Å². The summed E-state index contributed by atoms with van der Waals surface area (Å²) in [6, 6.07) is 5.25. The maximum atomic E-state index is 11.1. The number of oxazole rings is 1. The first-order valence-corrected chi connectivity index (χ1v) is 5.61. The molecule has 96 valence electrons. The minimum Gasteiger partial charge on any atom is -0.408 e. The summed E-state index contributed by atoms with van der Waals surface area (Å²) < 4.78 is 4.93. The summed E-state index contributed by atoms with van der Waals surface area (Å²) in [5.74, 6) is 0.346. The highest BCUT2D eigenvalue weighted by Crippen LogP contribution is 2.21. The lowest BCUT2D eigenvalue weighted by Gasteiger charge is -2.08. The highest BCUT2D eigenvalue weighted by Gasteiger charge is 2.05. The summed E-state index contributed by atoms with van der Waals surface area (Å²) in [4.78, 5) is 21.7. The van der Waals surface area contributed by atoms with Gasteiger partial charge in [0.25, 0.3) is 0 Å². The molecule has 19 heavy (non-hydrogen) atoms. The molecule has 0 spiro atoms. The van der Waals surface area contributed by atoms with Crippen LogP contribution in [-0.2, 0) is 0 Å². The summed E-state index contributed by atoms with van der Waals surface area (Å²) in [6.07, 6.45) is 1.64. The van der Waals surface area contributed by atoms with Crippen molar-refractivity contribution in [1.82, 2.24) is 15.0 Å². The van der Waals surface area contributed by atoms with Crippen molar-refractivity contribution in [2.75, 3.05) is 11.1 Å². The van der Waals surface area contributed by atoms with Crippen LogP contribution in [0.5, 0.6) is 0 Å². The van der Waals surface area contributed by atoms with Gasteiger partial charge < -0.3 is 15.5 Å². The number of rotatable bonds is 2. The first-order chi connectivity index (χ1) is 9.11. The van der Waals surface area contributed by atoms with Gasteiger partial charge in [-0.2, -0.15) is 4.98 Å². The molecule has 0 atom stereocenters. The molecule has 7 heteroatoms. The van der Waals surface area contributed by atoms with Crippen LogP contribution in [0.1, 0.15) is 5.56 Å². The van der Waals surface area contributed by atoms with Crippen LogP contribution in [-0.4, -0.2) is 15.0 Å². The molecule has 7 nitrogen and oxygen atoms in total. The van der Waals surface area contributed by atoms with E-state index in [0.717, 1.165) is 11.3 Å². The van der Waals surface area contributed by atoms with Crippen LogP contribution in [0.25, 0.3) is 11.1 Å². The zero-order valence-electron chi connectivity index (χ0n) is 10.1. The average molecular weight is 257 g/mol. The van der Waals surface area contributed by atoms with Gasteiger partial charge in [0.15, 0.2) is 5.58 Å². The summed E-state index contributed by atoms with van der Waals surface area (Å²) >= 11 is 0. The maximum absolute atomic E-state index is 11.1. The molecule has 0 aliphatic carbocycles. The van der Waals surface area contributed by atoms with Crippen molar-refractivity contribution in [3.8, 4) is 0 Å². The Hall–Kier alpha value is -2.83. The predicted molar refractivity (Wildman–Crippen MR) is 71.3 cm³/mol. The lowest BCUT2D eigenvalue weighted by Crippen LogP contribution is -2.01. The van der Waals surface area contributed by atoms with E-state index in [1.54, 1.807) is 24.4 Å². The van der Waals surface area contributed by atoms with Crippen molar-refractivity contribution in [1.29, 1.82) is 0 Å². The number of nitrogens with zero attached hydrogens (tertiary/aromatic N) is 2. The molecule has 0 saturated carbocycles. The molecule has 0 unspecified atom stereocenters. The predicted octanol–water partition coefficient (Wildman–Crippen LogP) is 1.55. The van der Waals surface area contributed by atoms with Gasteiger partial charge in [0.05, 0.1) is 5.52 Å². The highest BCUT2D eigenvalue weighted by atomic mass is 16.4. The number of nitrogens with two attached hydrogens (primary N) is 1. The Balaban J connectivity index is 2.00. The molecule has 2 heterocycles. The second-order valence-corrected chi connectivity index (χ2v) is 4.11. The van der Waals surface area contributed by atoms with Crippen LogP contribution in [0.4, 0.5) is 17.5 Å². The average Bonchev–Trinajstić information content (AvgIpc) is 2.73. The third kappa shape index (κ3) is 2.13. The Labute approximate surface area is 107 Å². The number of nitrogen functional groups attached to an aromatic ring is 1. The summed E-state index contributed by atoms with van der Waals surface area (Å²) in [7, 11) is 0. The second kappa shape index (κ2) is 4.13. The van der Waals surface area contributed by atoms with E-state index in [1.165, 1.54) is 0 Å². The number of aromatic nitrogens is 3. The van der Waals surface area contributed by atoms with Gasteiger partial charge in [0.1, 0.15) is 5.82 Å². The number of fused-ring (bicyclic) bond motifs is 1. The van der Waals surface area contributed by atoms with E-state index in [4.69, 9.17) is 10.2 Å². The van der Waals surface area contributed by atoms with Gasteiger partial charge in [-0.1, -0.05) is 0 Å². The van der Waals surface area contributed by atoms with Crippen LogP contribution in [0.15, 0.2) is 33.6 Å². The SMILES string of the molecule is Cc1cnc(N)nc1Nc1ccc2oc(=O)[nH]c2c1. The fraction of sp³-hybridized carbons (Fsp3) is 0.0833. The maximum Gasteiger partial charge on any atom is 0.417 e. The summed E-state index contributed by atoms with van der Waals surface area (Å²) in [5, 5.41) is 3.12. The second-order valence-electron chi connectivity index (χ2n) is 4.11. The molecule has 0 amide bonds. The van der Waals surface area contributed by atoms with Gasteiger partial charge in [-0.25, -0.2) is 9.78 Å². The van der Waals surface area contributed by atoms with Gasteiger partial charge in [-0.05, 0) is 25.1 Å². The minimum absolute atomic E-state index is 0.200. The standard InChI is InChI=1S/C12H11N5O2/c1-6-5-14-11(13)17-10(6)15-7-2-3-9-8(4-7)16-12(18)19-9/h2-5H,1H3,(H,16,18)(H3,13,14,15,17). The van der Waals surface area contributed by atoms with Crippen LogP contribution in [0, 0.1) is 6.92 Å². The van der Waals surface area contributed by atoms with Crippen LogP contribution in [0.3, 0.4) is 0 Å². The number of hydrogen-bond acceptors (Lipinski definition) is 6. The van der Waals surface area contributed by atoms with Crippen molar-refractivity contribution in [2.45, 2.75) is 6.92 Å². The van der Waals surface area contributed by atoms with Crippen molar-refractivity contribution < 1.29 is 4.42 Å². The van der Waals surface area contributed by atoms with Crippen molar-refractivity contribution >= 4 is 28.6 Å². The largest absolute Gasteiger partial charge is 0.417 e. The fourth-order valence-electron chi connectivity index (χ4n) is 1.75. The van der Waals surface area contributed by atoms with E-state index in [9.17, 15) is 4.79 Å². The Bertz CT molecular complexity index is 805. The van der Waals surface area contributed by atoms with E-state index in [0.29, 0.717) is 16.9 Å². The van der Waals surface area contributed by atoms with E-state index < -0.39 is 5.76 Å². The number of hydrogen-bond donors (Lipinski definition) is 3. The van der Waals surface area contributed by atoms with Gasteiger partial charge in [0.2, 0.25) is 5.95 Å². The molecular formula is C12H11N5O2. The molecule has 1 aromatic carbocycles. The third-order valence-electron chi connectivity index (χ3n) is 2.67. The first kappa shape index (κ1) is 11.3. The van der Waals surface area contributed by atoms with E-state index in [-0.39, 0.29) is 5.95 Å². The first-order valence-electron chi connectivity index (χ1n) is 5.61. The van der Waals surface area contributed by atoms with E-state index in [1.807, 2.05) is 6.92 Å². The monoisotopic (exact) mass is 257 g/mol. The Morgan fingerprint density at radius 2 is 2.26 bits per heavy atom. The van der Waals surface area contributed by atoms with Crippen molar-refractivity contribution in [3.63, 3.8) is 0 Å². The van der Waals surface area contributed by atoms with E-state index >= 15 is 0 Å². The third-order valence-corrected chi connectivity index (χ3v) is 2.67. The number of nitrogens with one attached hydrogen (secondary N) is 2. The quantitative estimate of drug-likeness (QED) is 0.642. The Kier molecular flexibility index (Phi) is 2.45. The smallest absolute Gasteiger partial charge is 0.408 e. The van der Waals surface area contributed by atoms with E-state index in [2.05, 4.69) is 20.3 Å². The number of H-pyrrole nitrogens is 1. The molecule has 0 fully saturated rings. The molecule has 0 bridgehead atoms. The van der Waals surface area contributed by atoms with Crippen LogP contribution >= 0.6 is 0 Å². The zero-order chi connectivity index (χ0) is 13.4. The Morgan fingerprint density at radius 3 is 3.11 bits per heavy atom. The fourth-order valence-corrected chi connectivity index (χ4v) is 1.75. The lowest BCUT2D eigenvalue weighted by molar-refractivity contribution is 0.555. The molecule has 2 aromatic heterocycles. The van der Waals surface area contributed by atoms with Gasteiger partial charge in [-0.15, -0.1) is 0 Å². The number of benzene rings is 1. The normalized spacial score (nSPS) is 10.8. The topological polar surface area (TPSA) is 110 Å². The Morgan fingerprint density at radius 1 is 1.42 bits per heavy atom. The lowest BCUT2D eigenvalue weighted by atomic mass is 10.2. The van der Waals surface area contributed by atoms with Crippen molar-refractivity contribution in [2.24, 2.45) is 0 Å². The van der Waals surface area contributed by atoms with Crippen LogP contribution < -0.4 is 16.8 Å². The molecule has 3 aromatic rings. The van der Waals surface area contributed by atoms with Gasteiger partial charge in [0, 0.05) is 17.4 Å². The van der Waals surface area contributed by atoms with Crippen LogP contribution in [0.2, 0.25) is 0 Å².